The topological polar surface area (TPSA) is 162 Å². The maximum absolute atomic E-state index is 13.4. The normalized spacial score (nSPS) is 33.4. The number of cyclic esters (lactones) is 1. The first kappa shape index (κ1) is 41.4. The van der Waals surface area contributed by atoms with Crippen molar-refractivity contribution in [1.82, 2.24) is 9.80 Å². The number of ether oxygens (including phenoxy) is 4. The second kappa shape index (κ2) is 19.0. The van der Waals surface area contributed by atoms with Crippen molar-refractivity contribution in [2.24, 2.45) is 11.8 Å². The molecule has 12 nitrogen and oxygen atoms in total. The lowest BCUT2D eigenvalue weighted by molar-refractivity contribution is -0.153. The Morgan fingerprint density at radius 1 is 1.22 bits per heavy atom. The highest BCUT2D eigenvalue weighted by molar-refractivity contribution is 5.70. The van der Waals surface area contributed by atoms with Crippen molar-refractivity contribution < 1.29 is 49.0 Å². The zero-order valence-corrected chi connectivity index (χ0v) is 30.9. The standard InChI is InChI=1S/C37H64N2O10/c1-8-29(41)27(5)34-30(47-34)24-36(6,44)15-10-11-25(3)33-26(4)12-13-31(37(7,45)16-14-28(40)23-32(42)49-33)48-35(43)39(9-2)18-17-38-19-21-46-22-20-38/h10-11,15,26-31,33-34,40-41,44-45H,8-9,12-14,16-24H2,1-7H3/b15-10+,25-11+. The maximum Gasteiger partial charge on any atom is 0.410 e. The predicted molar refractivity (Wildman–Crippen MR) is 186 cm³/mol. The van der Waals surface area contributed by atoms with Crippen LogP contribution in [0.2, 0.25) is 0 Å². The lowest BCUT2D eigenvalue weighted by Gasteiger charge is -2.37. The van der Waals surface area contributed by atoms with E-state index in [0.717, 1.165) is 18.7 Å². The van der Waals surface area contributed by atoms with E-state index in [1.165, 1.54) is 0 Å². The van der Waals surface area contributed by atoms with Gasteiger partial charge >= 0.3 is 12.1 Å². The molecule has 0 aromatic carbocycles. The number of hydrogen-bond donors (Lipinski definition) is 4. The monoisotopic (exact) mass is 696 g/mol. The number of likely N-dealkylation sites (N-methyl/N-ethyl adjacent to an activating group) is 1. The summed E-state index contributed by atoms with van der Waals surface area (Å²) in [5, 5.41) is 43.4. The minimum Gasteiger partial charge on any atom is -0.457 e. The summed E-state index contributed by atoms with van der Waals surface area (Å²) in [6, 6.07) is 0. The number of allylic oxidation sites excluding steroid dienone is 2. The molecule has 282 valence electrons. The molecule has 0 aromatic rings. The zero-order chi connectivity index (χ0) is 36.4. The number of carbonyl (C=O) groups is 2. The molecule has 0 radical (unpaired) electrons. The summed E-state index contributed by atoms with van der Waals surface area (Å²) in [4.78, 5) is 30.2. The molecule has 0 aromatic heterocycles. The van der Waals surface area contributed by atoms with Crippen molar-refractivity contribution in [3.63, 3.8) is 0 Å². The molecule has 0 aliphatic carbocycles. The third-order valence-corrected chi connectivity index (χ3v) is 10.5. The minimum absolute atomic E-state index is 0.00883. The summed E-state index contributed by atoms with van der Waals surface area (Å²) in [7, 11) is 0. The second-order valence-electron chi connectivity index (χ2n) is 14.9. The SMILES string of the molecule is CCC(O)C(C)C1OC1CC(C)(O)/C=C/C=C(\C)C1OC(=O)CC(O)CCC(C)(O)C(OC(=O)N(CC)CCN2CCOCC2)CCC1C. The third kappa shape index (κ3) is 13.2. The minimum atomic E-state index is -1.42. The van der Waals surface area contributed by atoms with Crippen LogP contribution < -0.4 is 0 Å². The molecule has 3 saturated heterocycles. The Hall–Kier alpha value is -2.06. The van der Waals surface area contributed by atoms with Crippen LogP contribution in [0.25, 0.3) is 0 Å². The van der Waals surface area contributed by atoms with Gasteiger partial charge in [0.15, 0.2) is 0 Å². The highest BCUT2D eigenvalue weighted by Crippen LogP contribution is 2.38. The fourth-order valence-corrected chi connectivity index (χ4v) is 6.84. The molecule has 4 N–H and O–H groups in total. The third-order valence-electron chi connectivity index (χ3n) is 10.5. The number of aliphatic hydroxyl groups excluding tert-OH is 2. The van der Waals surface area contributed by atoms with Gasteiger partial charge in [-0.3, -0.25) is 9.69 Å². The second-order valence-corrected chi connectivity index (χ2v) is 14.9. The van der Waals surface area contributed by atoms with Crippen molar-refractivity contribution in [3.8, 4) is 0 Å². The maximum atomic E-state index is 13.4. The zero-order valence-electron chi connectivity index (χ0n) is 30.9. The van der Waals surface area contributed by atoms with Crippen LogP contribution in [-0.2, 0) is 23.7 Å². The lowest BCUT2D eigenvalue weighted by atomic mass is 9.84. The average Bonchev–Trinajstić information content (AvgIpc) is 3.81. The first-order valence-electron chi connectivity index (χ1n) is 18.3. The number of hydrogen-bond acceptors (Lipinski definition) is 11. The van der Waals surface area contributed by atoms with Gasteiger partial charge in [0.25, 0.3) is 0 Å². The molecule has 0 bridgehead atoms. The molecule has 10 unspecified atom stereocenters. The summed E-state index contributed by atoms with van der Waals surface area (Å²) in [6.45, 7) is 17.6. The van der Waals surface area contributed by atoms with E-state index < -0.39 is 47.7 Å². The Morgan fingerprint density at radius 2 is 1.92 bits per heavy atom. The number of nitrogens with zero attached hydrogens (tertiary/aromatic N) is 2. The van der Waals surface area contributed by atoms with Gasteiger partial charge in [-0.25, -0.2) is 4.79 Å². The van der Waals surface area contributed by atoms with Crippen molar-refractivity contribution in [2.45, 2.75) is 141 Å². The highest BCUT2D eigenvalue weighted by atomic mass is 16.6. The van der Waals surface area contributed by atoms with Crippen LogP contribution in [0.1, 0.15) is 93.4 Å². The molecule has 0 saturated carbocycles. The van der Waals surface area contributed by atoms with Gasteiger partial charge < -0.3 is 44.3 Å². The molecule has 1 amide bonds. The number of rotatable bonds is 13. The molecule has 10 atom stereocenters. The average molecular weight is 697 g/mol. The van der Waals surface area contributed by atoms with Crippen molar-refractivity contribution in [2.75, 3.05) is 45.9 Å². The van der Waals surface area contributed by atoms with Crippen molar-refractivity contribution >= 4 is 12.1 Å². The lowest BCUT2D eigenvalue weighted by Crippen LogP contribution is -2.48. The molecule has 12 heteroatoms. The summed E-state index contributed by atoms with van der Waals surface area (Å²) in [5.41, 5.74) is -1.82. The van der Waals surface area contributed by atoms with E-state index in [1.807, 2.05) is 34.6 Å². The molecule has 49 heavy (non-hydrogen) atoms. The number of morpholine rings is 1. The Balaban J connectivity index is 1.68. The van der Waals surface area contributed by atoms with E-state index in [2.05, 4.69) is 4.90 Å². The molecule has 0 spiro atoms. The van der Waals surface area contributed by atoms with E-state index in [-0.39, 0.29) is 43.3 Å². The van der Waals surface area contributed by atoms with E-state index in [4.69, 9.17) is 18.9 Å². The van der Waals surface area contributed by atoms with Crippen LogP contribution in [0.5, 0.6) is 0 Å². The molecular weight excluding hydrogens is 632 g/mol. The molecule has 3 heterocycles. The number of carbonyl (C=O) groups excluding carboxylic acids is 2. The fraction of sp³-hybridized carbons (Fsp3) is 0.838. The predicted octanol–water partition coefficient (Wildman–Crippen LogP) is 3.59. The summed E-state index contributed by atoms with van der Waals surface area (Å²) in [5.74, 6) is -0.751. The quantitative estimate of drug-likeness (QED) is 0.127. The number of aliphatic hydroxyl groups is 4. The summed E-state index contributed by atoms with van der Waals surface area (Å²) in [6.07, 6.45) is 3.51. The van der Waals surface area contributed by atoms with E-state index >= 15 is 0 Å². The smallest absolute Gasteiger partial charge is 0.410 e. The van der Waals surface area contributed by atoms with Gasteiger partial charge in [-0.1, -0.05) is 39.0 Å². The Morgan fingerprint density at radius 3 is 2.57 bits per heavy atom. The Labute approximate surface area is 293 Å². The molecule has 3 rings (SSSR count). The van der Waals surface area contributed by atoms with Gasteiger partial charge in [0, 0.05) is 45.1 Å². The van der Waals surface area contributed by atoms with Crippen molar-refractivity contribution in [3.05, 3.63) is 23.8 Å². The largest absolute Gasteiger partial charge is 0.457 e. The van der Waals surface area contributed by atoms with Crippen LogP contribution in [0, 0.1) is 11.8 Å². The molecular formula is C37H64N2O10. The van der Waals surface area contributed by atoms with Gasteiger partial charge in [-0.05, 0) is 71.3 Å². The summed E-state index contributed by atoms with van der Waals surface area (Å²) >= 11 is 0. The van der Waals surface area contributed by atoms with E-state index in [1.54, 1.807) is 37.0 Å². The van der Waals surface area contributed by atoms with Gasteiger partial charge in [0.05, 0.1) is 55.3 Å². The van der Waals surface area contributed by atoms with E-state index in [9.17, 15) is 30.0 Å². The van der Waals surface area contributed by atoms with Crippen LogP contribution >= 0.6 is 0 Å². The first-order valence-corrected chi connectivity index (χ1v) is 18.3. The number of amides is 1. The van der Waals surface area contributed by atoms with Crippen LogP contribution in [-0.4, -0.2) is 136 Å². The van der Waals surface area contributed by atoms with Crippen LogP contribution in [0.15, 0.2) is 23.8 Å². The first-order chi connectivity index (χ1) is 23.1. The fourth-order valence-electron chi connectivity index (χ4n) is 6.84. The molecule has 3 aliphatic heterocycles. The highest BCUT2D eigenvalue weighted by Gasteiger charge is 2.47. The summed E-state index contributed by atoms with van der Waals surface area (Å²) < 4.78 is 23.1. The van der Waals surface area contributed by atoms with Crippen molar-refractivity contribution in [1.29, 1.82) is 0 Å². The number of epoxide rings is 1. The number of esters is 1. The molecule has 3 aliphatic rings. The van der Waals surface area contributed by atoms with Gasteiger partial charge in [-0.2, -0.15) is 0 Å². The Bertz CT molecular complexity index is 1100. The molecule has 3 fully saturated rings. The van der Waals surface area contributed by atoms with E-state index in [0.29, 0.717) is 58.5 Å². The van der Waals surface area contributed by atoms with Gasteiger partial charge in [-0.15, -0.1) is 0 Å². The van der Waals surface area contributed by atoms with Gasteiger partial charge in [0.2, 0.25) is 0 Å². The van der Waals surface area contributed by atoms with Gasteiger partial charge in [0.1, 0.15) is 12.2 Å². The Kier molecular flexibility index (Phi) is 16.0. The van der Waals surface area contributed by atoms with Crippen LogP contribution in [0.4, 0.5) is 4.79 Å². The van der Waals surface area contributed by atoms with Crippen LogP contribution in [0.3, 0.4) is 0 Å².